The highest BCUT2D eigenvalue weighted by molar-refractivity contribution is 5.91. The van der Waals surface area contributed by atoms with Crippen LogP contribution in [0.2, 0.25) is 0 Å². The van der Waals surface area contributed by atoms with Crippen molar-refractivity contribution in [2.24, 2.45) is 0 Å². The molecule has 1 aromatic heterocycles. The van der Waals surface area contributed by atoms with E-state index < -0.39 is 5.97 Å². The van der Waals surface area contributed by atoms with Crippen LogP contribution in [-0.4, -0.2) is 24.6 Å². The number of carbonyl (C=O) groups excluding carboxylic acids is 2. The molecule has 1 amide bonds. The Morgan fingerprint density at radius 3 is 2.77 bits per heavy atom. The number of nitrogens with one attached hydrogen (secondary N) is 1. The molecule has 7 heteroatoms. The molecule has 1 heterocycles. The lowest BCUT2D eigenvalue weighted by atomic mass is 10.2. The van der Waals surface area contributed by atoms with E-state index in [2.05, 4.69) is 5.32 Å². The zero-order valence-corrected chi connectivity index (χ0v) is 14.4. The summed E-state index contributed by atoms with van der Waals surface area (Å²) in [5, 5.41) is 2.67. The average Bonchev–Trinajstić information content (AvgIpc) is 3.33. The number of furan rings is 1. The van der Waals surface area contributed by atoms with Crippen molar-refractivity contribution in [3.63, 3.8) is 0 Å². The highest BCUT2D eigenvalue weighted by Crippen LogP contribution is 2.26. The van der Waals surface area contributed by atoms with Crippen LogP contribution < -0.4 is 15.8 Å². The van der Waals surface area contributed by atoms with Gasteiger partial charge in [0.25, 0.3) is 5.91 Å². The van der Waals surface area contributed by atoms with Crippen molar-refractivity contribution in [3.05, 3.63) is 47.9 Å². The molecule has 0 aliphatic heterocycles. The molecule has 0 spiro atoms. The Morgan fingerprint density at radius 2 is 2.04 bits per heavy atom. The molecule has 3 rings (SSSR count). The topological polar surface area (TPSA) is 104 Å². The minimum absolute atomic E-state index is 0.0169. The molecule has 26 heavy (non-hydrogen) atoms. The maximum atomic E-state index is 12.2. The van der Waals surface area contributed by atoms with E-state index in [0.717, 1.165) is 25.7 Å². The van der Waals surface area contributed by atoms with E-state index in [-0.39, 0.29) is 30.9 Å². The molecule has 138 valence electrons. The summed E-state index contributed by atoms with van der Waals surface area (Å²) >= 11 is 0. The van der Waals surface area contributed by atoms with Gasteiger partial charge < -0.3 is 24.9 Å². The SMILES string of the molecule is Nc1ccc(C(=O)OC2CCCC2)cc1OCC(=O)NCc1ccco1. The fourth-order valence-corrected chi connectivity index (χ4v) is 2.81. The number of benzene rings is 1. The van der Waals surface area contributed by atoms with Gasteiger partial charge in [0.2, 0.25) is 0 Å². The van der Waals surface area contributed by atoms with Gasteiger partial charge in [-0.15, -0.1) is 0 Å². The Kier molecular flexibility index (Phi) is 5.78. The van der Waals surface area contributed by atoms with Crippen molar-refractivity contribution in [2.45, 2.75) is 38.3 Å². The quantitative estimate of drug-likeness (QED) is 0.582. The standard InChI is InChI=1S/C19H22N2O5/c20-16-8-7-13(19(23)26-14-4-1-2-5-14)10-17(16)25-12-18(22)21-11-15-6-3-9-24-15/h3,6-10,14H,1-2,4-5,11-12,20H2,(H,21,22). The van der Waals surface area contributed by atoms with Crippen molar-refractivity contribution < 1.29 is 23.5 Å². The minimum atomic E-state index is -0.399. The van der Waals surface area contributed by atoms with Crippen LogP contribution in [0.4, 0.5) is 5.69 Å². The van der Waals surface area contributed by atoms with Crippen LogP contribution >= 0.6 is 0 Å². The van der Waals surface area contributed by atoms with Crippen LogP contribution in [0, 0.1) is 0 Å². The molecule has 7 nitrogen and oxygen atoms in total. The van der Waals surface area contributed by atoms with Gasteiger partial charge in [0, 0.05) is 0 Å². The number of ether oxygens (including phenoxy) is 2. The number of esters is 1. The first-order valence-corrected chi connectivity index (χ1v) is 8.64. The van der Waals surface area contributed by atoms with Gasteiger partial charge in [-0.05, 0) is 56.0 Å². The molecule has 0 bridgehead atoms. The molecule has 0 saturated heterocycles. The molecule has 0 radical (unpaired) electrons. The van der Waals surface area contributed by atoms with Crippen molar-refractivity contribution in [3.8, 4) is 5.75 Å². The van der Waals surface area contributed by atoms with Crippen LogP contribution in [0.3, 0.4) is 0 Å². The number of carbonyl (C=O) groups is 2. The summed E-state index contributed by atoms with van der Waals surface area (Å²) in [6.45, 7) is 0.0600. The Balaban J connectivity index is 1.53. The van der Waals surface area contributed by atoms with Crippen molar-refractivity contribution in [1.82, 2.24) is 5.32 Å². The Hall–Kier alpha value is -2.96. The number of anilines is 1. The Labute approximate surface area is 151 Å². The molecular weight excluding hydrogens is 336 g/mol. The molecule has 1 aromatic carbocycles. The molecule has 1 fully saturated rings. The van der Waals surface area contributed by atoms with Crippen LogP contribution in [-0.2, 0) is 16.1 Å². The van der Waals surface area contributed by atoms with E-state index in [9.17, 15) is 9.59 Å². The summed E-state index contributed by atoms with van der Waals surface area (Å²) in [5.74, 6) is 0.206. The maximum Gasteiger partial charge on any atom is 0.338 e. The third-order valence-corrected chi connectivity index (χ3v) is 4.22. The molecule has 3 N–H and O–H groups in total. The second-order valence-electron chi connectivity index (χ2n) is 6.21. The molecular formula is C19H22N2O5. The number of hydrogen-bond acceptors (Lipinski definition) is 6. The van der Waals surface area contributed by atoms with E-state index >= 15 is 0 Å². The summed E-state index contributed by atoms with van der Waals surface area (Å²) < 4.78 is 16.1. The van der Waals surface area contributed by atoms with Crippen LogP contribution in [0.5, 0.6) is 5.75 Å². The smallest absolute Gasteiger partial charge is 0.338 e. The van der Waals surface area contributed by atoms with Gasteiger partial charge in [0.15, 0.2) is 6.61 Å². The van der Waals surface area contributed by atoms with E-state index in [1.165, 1.54) is 12.3 Å². The van der Waals surface area contributed by atoms with Gasteiger partial charge in [0.05, 0.1) is 24.1 Å². The maximum absolute atomic E-state index is 12.2. The van der Waals surface area contributed by atoms with Gasteiger partial charge in [-0.3, -0.25) is 4.79 Å². The lowest BCUT2D eigenvalue weighted by Crippen LogP contribution is -2.28. The van der Waals surface area contributed by atoms with Crippen molar-refractivity contribution >= 4 is 17.6 Å². The third kappa shape index (κ3) is 4.78. The predicted octanol–water partition coefficient (Wildman–Crippen LogP) is 2.66. The number of nitrogens with two attached hydrogens (primary N) is 1. The largest absolute Gasteiger partial charge is 0.482 e. The average molecular weight is 358 g/mol. The second-order valence-corrected chi connectivity index (χ2v) is 6.21. The van der Waals surface area contributed by atoms with E-state index in [1.54, 1.807) is 24.3 Å². The van der Waals surface area contributed by atoms with Crippen LogP contribution in [0.1, 0.15) is 41.8 Å². The number of nitrogen functional groups attached to an aromatic ring is 1. The monoisotopic (exact) mass is 358 g/mol. The summed E-state index contributed by atoms with van der Waals surface area (Å²) in [7, 11) is 0. The highest BCUT2D eigenvalue weighted by Gasteiger charge is 2.21. The predicted molar refractivity (Wildman–Crippen MR) is 94.6 cm³/mol. The summed E-state index contributed by atoms with van der Waals surface area (Å²) in [6, 6.07) is 8.18. The lowest BCUT2D eigenvalue weighted by molar-refractivity contribution is -0.123. The highest BCUT2D eigenvalue weighted by atomic mass is 16.5. The molecule has 1 aliphatic carbocycles. The fourth-order valence-electron chi connectivity index (χ4n) is 2.81. The van der Waals surface area contributed by atoms with Gasteiger partial charge in [0.1, 0.15) is 17.6 Å². The molecule has 0 atom stereocenters. The van der Waals surface area contributed by atoms with E-state index in [4.69, 9.17) is 19.6 Å². The Bertz CT molecular complexity index is 751. The fraction of sp³-hybridized carbons (Fsp3) is 0.368. The first-order valence-electron chi connectivity index (χ1n) is 8.64. The summed E-state index contributed by atoms with van der Waals surface area (Å²) in [5.41, 5.74) is 6.57. The molecule has 2 aromatic rings. The van der Waals surface area contributed by atoms with E-state index in [1.807, 2.05) is 0 Å². The molecule has 1 saturated carbocycles. The second kappa shape index (κ2) is 8.42. The number of rotatable bonds is 7. The van der Waals surface area contributed by atoms with Crippen molar-refractivity contribution in [2.75, 3.05) is 12.3 Å². The van der Waals surface area contributed by atoms with Gasteiger partial charge in [-0.25, -0.2) is 4.79 Å². The Morgan fingerprint density at radius 1 is 1.23 bits per heavy atom. The first-order chi connectivity index (χ1) is 12.6. The normalized spacial score (nSPS) is 14.2. The zero-order chi connectivity index (χ0) is 18.4. The third-order valence-electron chi connectivity index (χ3n) is 4.22. The van der Waals surface area contributed by atoms with Gasteiger partial charge in [-0.2, -0.15) is 0 Å². The zero-order valence-electron chi connectivity index (χ0n) is 14.4. The van der Waals surface area contributed by atoms with Gasteiger partial charge >= 0.3 is 5.97 Å². The van der Waals surface area contributed by atoms with Crippen molar-refractivity contribution in [1.29, 1.82) is 0 Å². The van der Waals surface area contributed by atoms with Crippen LogP contribution in [0.15, 0.2) is 41.0 Å². The van der Waals surface area contributed by atoms with Crippen LogP contribution in [0.25, 0.3) is 0 Å². The lowest BCUT2D eigenvalue weighted by Gasteiger charge is -2.13. The van der Waals surface area contributed by atoms with E-state index in [0.29, 0.717) is 17.0 Å². The molecule has 1 aliphatic rings. The molecule has 0 unspecified atom stereocenters. The van der Waals surface area contributed by atoms with Gasteiger partial charge in [-0.1, -0.05) is 0 Å². The minimum Gasteiger partial charge on any atom is -0.482 e. The number of amides is 1. The number of hydrogen-bond donors (Lipinski definition) is 2. The summed E-state index contributed by atoms with van der Waals surface area (Å²) in [6.07, 6.45) is 5.49. The first kappa shape index (κ1) is 17.8. The summed E-state index contributed by atoms with van der Waals surface area (Å²) in [4.78, 5) is 24.1.